The number of hydrogen-bond donors (Lipinski definition) is 1. The van der Waals surface area contributed by atoms with E-state index < -0.39 is 0 Å². The summed E-state index contributed by atoms with van der Waals surface area (Å²) in [5, 5.41) is 3.31. The molecule has 1 aromatic carbocycles. The van der Waals surface area contributed by atoms with E-state index >= 15 is 0 Å². The first-order chi connectivity index (χ1) is 8.97. The minimum Gasteiger partial charge on any atom is -0.492 e. The predicted octanol–water partition coefficient (Wildman–Crippen LogP) is 2.89. The van der Waals surface area contributed by atoms with Crippen LogP contribution in [0.25, 0.3) is 0 Å². The van der Waals surface area contributed by atoms with Crippen molar-refractivity contribution in [3.05, 3.63) is 29.8 Å². The molecule has 108 valence electrons. The molecule has 0 radical (unpaired) electrons. The van der Waals surface area contributed by atoms with E-state index in [0.29, 0.717) is 12.6 Å². The molecule has 0 amide bonds. The van der Waals surface area contributed by atoms with Crippen LogP contribution >= 0.6 is 0 Å². The molecule has 0 saturated heterocycles. The highest BCUT2D eigenvalue weighted by Gasteiger charge is 2.23. The van der Waals surface area contributed by atoms with Crippen molar-refractivity contribution in [2.45, 2.75) is 33.2 Å². The van der Waals surface area contributed by atoms with E-state index in [4.69, 9.17) is 9.47 Å². The van der Waals surface area contributed by atoms with Gasteiger partial charge in [0.15, 0.2) is 0 Å². The average Bonchev–Trinajstić information content (AvgIpc) is 2.37. The zero-order valence-corrected chi connectivity index (χ0v) is 12.8. The quantitative estimate of drug-likeness (QED) is 0.822. The van der Waals surface area contributed by atoms with E-state index in [-0.39, 0.29) is 5.41 Å². The van der Waals surface area contributed by atoms with Crippen molar-refractivity contribution in [2.24, 2.45) is 5.41 Å². The maximum atomic E-state index is 5.85. The Hall–Kier alpha value is -1.06. The predicted molar refractivity (Wildman–Crippen MR) is 79.8 cm³/mol. The molecule has 1 N–H and O–H groups in total. The van der Waals surface area contributed by atoms with E-state index in [1.807, 2.05) is 19.2 Å². The number of ether oxygens (including phenoxy) is 2. The van der Waals surface area contributed by atoms with Crippen LogP contribution < -0.4 is 10.1 Å². The zero-order valence-electron chi connectivity index (χ0n) is 12.8. The molecule has 0 aliphatic carbocycles. The van der Waals surface area contributed by atoms with Crippen molar-refractivity contribution in [2.75, 3.05) is 27.4 Å². The molecule has 0 heterocycles. The van der Waals surface area contributed by atoms with Gasteiger partial charge in [-0.05, 0) is 36.6 Å². The molecule has 1 aromatic rings. The third-order valence-electron chi connectivity index (χ3n) is 3.33. The van der Waals surface area contributed by atoms with E-state index in [1.165, 1.54) is 5.56 Å². The molecule has 1 atom stereocenters. The van der Waals surface area contributed by atoms with E-state index in [1.54, 1.807) is 7.11 Å². The van der Waals surface area contributed by atoms with Crippen LogP contribution in [0.2, 0.25) is 0 Å². The van der Waals surface area contributed by atoms with Gasteiger partial charge in [0.05, 0.1) is 6.61 Å². The van der Waals surface area contributed by atoms with Crippen LogP contribution in [-0.4, -0.2) is 33.4 Å². The van der Waals surface area contributed by atoms with Gasteiger partial charge >= 0.3 is 0 Å². The monoisotopic (exact) mass is 265 g/mol. The molecule has 0 spiro atoms. The Labute approximate surface area is 117 Å². The third kappa shape index (κ3) is 5.62. The van der Waals surface area contributed by atoms with Gasteiger partial charge < -0.3 is 14.8 Å². The van der Waals surface area contributed by atoms with E-state index in [2.05, 4.69) is 38.2 Å². The Morgan fingerprint density at radius 2 is 1.79 bits per heavy atom. The second-order valence-corrected chi connectivity index (χ2v) is 5.91. The Kier molecular flexibility index (Phi) is 6.32. The van der Waals surface area contributed by atoms with Crippen molar-refractivity contribution in [3.8, 4) is 5.75 Å². The maximum Gasteiger partial charge on any atom is 0.119 e. The lowest BCUT2D eigenvalue weighted by atomic mass is 9.87. The first-order valence-corrected chi connectivity index (χ1v) is 6.85. The smallest absolute Gasteiger partial charge is 0.119 e. The molecule has 0 aliphatic heterocycles. The van der Waals surface area contributed by atoms with Crippen LogP contribution in [0.15, 0.2) is 24.3 Å². The van der Waals surface area contributed by atoms with Gasteiger partial charge in [0.25, 0.3) is 0 Å². The molecule has 0 fully saturated rings. The van der Waals surface area contributed by atoms with Crippen LogP contribution in [0.3, 0.4) is 0 Å². The highest BCUT2D eigenvalue weighted by Crippen LogP contribution is 2.20. The Bertz CT molecular complexity index is 354. The number of benzene rings is 1. The first-order valence-electron chi connectivity index (χ1n) is 6.85. The molecule has 3 nitrogen and oxygen atoms in total. The molecule has 3 heteroatoms. The molecule has 1 rings (SSSR count). The fourth-order valence-electron chi connectivity index (χ4n) is 1.92. The Morgan fingerprint density at radius 3 is 2.26 bits per heavy atom. The van der Waals surface area contributed by atoms with Gasteiger partial charge in [-0.1, -0.05) is 32.9 Å². The summed E-state index contributed by atoms with van der Waals surface area (Å²) < 4.78 is 10.9. The lowest BCUT2D eigenvalue weighted by Crippen LogP contribution is -2.42. The number of hydrogen-bond acceptors (Lipinski definition) is 3. The largest absolute Gasteiger partial charge is 0.492 e. The van der Waals surface area contributed by atoms with Gasteiger partial charge in [-0.2, -0.15) is 0 Å². The van der Waals surface area contributed by atoms with Crippen molar-refractivity contribution >= 4 is 0 Å². The van der Waals surface area contributed by atoms with Gasteiger partial charge in [-0.3, -0.25) is 0 Å². The Morgan fingerprint density at radius 1 is 1.16 bits per heavy atom. The SMILES string of the molecule is CNC(COc1ccc(CCOC)cc1)C(C)(C)C. The van der Waals surface area contributed by atoms with Gasteiger partial charge in [0.1, 0.15) is 12.4 Å². The van der Waals surface area contributed by atoms with E-state index in [9.17, 15) is 0 Å². The topological polar surface area (TPSA) is 30.5 Å². The average molecular weight is 265 g/mol. The molecule has 0 bridgehead atoms. The first kappa shape index (κ1) is 16.0. The summed E-state index contributed by atoms with van der Waals surface area (Å²) in [6.07, 6.45) is 0.942. The summed E-state index contributed by atoms with van der Waals surface area (Å²) in [4.78, 5) is 0. The van der Waals surface area contributed by atoms with Crippen molar-refractivity contribution < 1.29 is 9.47 Å². The number of rotatable bonds is 7. The van der Waals surface area contributed by atoms with E-state index in [0.717, 1.165) is 18.8 Å². The molecule has 0 saturated carbocycles. The summed E-state index contributed by atoms with van der Waals surface area (Å²) >= 11 is 0. The van der Waals surface area contributed by atoms with Gasteiger partial charge in [0, 0.05) is 13.2 Å². The minimum absolute atomic E-state index is 0.188. The zero-order chi connectivity index (χ0) is 14.3. The number of methoxy groups -OCH3 is 1. The molecule has 1 unspecified atom stereocenters. The van der Waals surface area contributed by atoms with Crippen LogP contribution in [-0.2, 0) is 11.2 Å². The van der Waals surface area contributed by atoms with Crippen molar-refractivity contribution in [1.82, 2.24) is 5.32 Å². The van der Waals surface area contributed by atoms with Crippen molar-refractivity contribution in [1.29, 1.82) is 0 Å². The lowest BCUT2D eigenvalue weighted by molar-refractivity contribution is 0.181. The normalized spacial score (nSPS) is 13.3. The van der Waals surface area contributed by atoms with Gasteiger partial charge in [0.2, 0.25) is 0 Å². The summed E-state index contributed by atoms with van der Waals surface area (Å²) in [5.41, 5.74) is 1.46. The van der Waals surface area contributed by atoms with Crippen molar-refractivity contribution in [3.63, 3.8) is 0 Å². The molecule has 0 aliphatic rings. The molecule has 0 aromatic heterocycles. The van der Waals surface area contributed by atoms with Gasteiger partial charge in [-0.15, -0.1) is 0 Å². The molecular weight excluding hydrogens is 238 g/mol. The molecule has 19 heavy (non-hydrogen) atoms. The highest BCUT2D eigenvalue weighted by molar-refractivity contribution is 5.27. The number of likely N-dealkylation sites (N-methyl/N-ethyl adjacent to an activating group) is 1. The standard InChI is InChI=1S/C16H27NO2/c1-16(2,3)15(17-4)12-19-14-8-6-13(7-9-14)10-11-18-5/h6-9,15,17H,10-12H2,1-5H3. The second kappa shape index (κ2) is 7.51. The second-order valence-electron chi connectivity index (χ2n) is 5.91. The summed E-state index contributed by atoms with van der Waals surface area (Å²) in [7, 11) is 3.70. The highest BCUT2D eigenvalue weighted by atomic mass is 16.5. The van der Waals surface area contributed by atoms with Gasteiger partial charge in [-0.25, -0.2) is 0 Å². The van der Waals surface area contributed by atoms with Crippen LogP contribution in [0.4, 0.5) is 0 Å². The fraction of sp³-hybridized carbons (Fsp3) is 0.625. The minimum atomic E-state index is 0.188. The summed E-state index contributed by atoms with van der Waals surface area (Å²) in [6, 6.07) is 8.58. The third-order valence-corrected chi connectivity index (χ3v) is 3.33. The van der Waals surface area contributed by atoms with Crippen LogP contribution in [0.5, 0.6) is 5.75 Å². The van der Waals surface area contributed by atoms with Crippen LogP contribution in [0.1, 0.15) is 26.3 Å². The molecular formula is C16H27NO2. The maximum absolute atomic E-state index is 5.85. The Balaban J connectivity index is 2.49. The van der Waals surface area contributed by atoms with Crippen LogP contribution in [0, 0.1) is 5.41 Å². The summed E-state index contributed by atoms with van der Waals surface area (Å²) in [6.45, 7) is 8.07. The fourth-order valence-corrected chi connectivity index (χ4v) is 1.92. The number of nitrogens with one attached hydrogen (secondary N) is 1. The summed E-state index contributed by atoms with van der Waals surface area (Å²) in [5.74, 6) is 0.922. The lowest BCUT2D eigenvalue weighted by Gasteiger charge is -2.30.